The first-order valence-electron chi connectivity index (χ1n) is 9.21. The summed E-state index contributed by atoms with van der Waals surface area (Å²) in [7, 11) is 2.48. The highest BCUT2D eigenvalue weighted by Gasteiger charge is 2.23. The van der Waals surface area contributed by atoms with Crippen LogP contribution in [0.15, 0.2) is 0 Å². The minimum absolute atomic E-state index is 0. The van der Waals surface area contributed by atoms with Crippen LogP contribution in [0.2, 0.25) is 0 Å². The van der Waals surface area contributed by atoms with Gasteiger partial charge in [-0.3, -0.25) is 0 Å². The molecule has 0 N–H and O–H groups in total. The number of rotatable bonds is 12. The van der Waals surface area contributed by atoms with Gasteiger partial charge in [0.15, 0.2) is 0 Å². The van der Waals surface area contributed by atoms with Crippen molar-refractivity contribution in [3.63, 3.8) is 0 Å². The average Bonchev–Trinajstić information content (AvgIpc) is 2.45. The summed E-state index contributed by atoms with van der Waals surface area (Å²) in [4.78, 5) is 0. The van der Waals surface area contributed by atoms with E-state index in [-0.39, 0.29) is 17.0 Å². The van der Waals surface area contributed by atoms with Crippen LogP contribution in [0.1, 0.15) is 83.5 Å². The molecule has 1 rings (SSSR count). The molecule has 0 radical (unpaired) electrons. The molecular formula is C18H38BrNS. The van der Waals surface area contributed by atoms with Gasteiger partial charge in [0.25, 0.3) is 0 Å². The molecule has 0 atom stereocenters. The van der Waals surface area contributed by atoms with Gasteiger partial charge in [-0.25, -0.2) is 0 Å². The molecule has 0 saturated carbocycles. The second-order valence-electron chi connectivity index (χ2n) is 7.11. The lowest BCUT2D eigenvalue weighted by Crippen LogP contribution is -3.00. The number of nitrogens with zero attached hydrogens (tertiary/aromatic N) is 1. The van der Waals surface area contributed by atoms with Crippen molar-refractivity contribution in [2.45, 2.75) is 83.5 Å². The zero-order chi connectivity index (χ0) is 14.5. The number of thiol groups is 1. The summed E-state index contributed by atoms with van der Waals surface area (Å²) in [6.07, 6.45) is 18.8. The summed E-state index contributed by atoms with van der Waals surface area (Å²) >= 11 is 4.25. The second kappa shape index (κ2) is 14.4. The van der Waals surface area contributed by atoms with Gasteiger partial charge >= 0.3 is 0 Å². The van der Waals surface area contributed by atoms with Crippen LogP contribution in [0.4, 0.5) is 0 Å². The van der Waals surface area contributed by atoms with Gasteiger partial charge in [-0.2, -0.15) is 12.6 Å². The van der Waals surface area contributed by atoms with E-state index in [4.69, 9.17) is 0 Å². The van der Waals surface area contributed by atoms with Crippen molar-refractivity contribution in [2.75, 3.05) is 32.4 Å². The molecule has 0 aromatic carbocycles. The van der Waals surface area contributed by atoms with E-state index in [0.29, 0.717) is 0 Å². The predicted octanol–water partition coefficient (Wildman–Crippen LogP) is 2.45. The molecule has 1 saturated heterocycles. The van der Waals surface area contributed by atoms with Gasteiger partial charge in [-0.05, 0) is 44.3 Å². The van der Waals surface area contributed by atoms with Crippen molar-refractivity contribution < 1.29 is 21.5 Å². The van der Waals surface area contributed by atoms with E-state index in [1.54, 1.807) is 0 Å². The number of likely N-dealkylation sites (tertiary alicyclic amines) is 1. The third kappa shape index (κ3) is 11.9. The lowest BCUT2D eigenvalue weighted by Gasteiger charge is -2.37. The van der Waals surface area contributed by atoms with Crippen molar-refractivity contribution in [3.05, 3.63) is 0 Å². The Kier molecular flexibility index (Phi) is 14.9. The van der Waals surface area contributed by atoms with Gasteiger partial charge in [0.1, 0.15) is 0 Å². The molecule has 1 nitrogen and oxygen atoms in total. The van der Waals surface area contributed by atoms with E-state index in [9.17, 15) is 0 Å². The van der Waals surface area contributed by atoms with Crippen LogP contribution < -0.4 is 17.0 Å². The Labute approximate surface area is 150 Å². The zero-order valence-electron chi connectivity index (χ0n) is 14.3. The molecule has 0 spiro atoms. The third-order valence-electron chi connectivity index (χ3n) is 5.00. The maximum atomic E-state index is 4.25. The smallest absolute Gasteiger partial charge is 0.0784 e. The Bertz CT molecular complexity index is 217. The standard InChI is InChI=1S/C18H37NS.BrH/c1-19(16-12-10-13-17-19)15-11-8-6-4-2-3-5-7-9-14-18-20;/h2-18H2,1H3;1H. The van der Waals surface area contributed by atoms with Crippen LogP contribution in [-0.4, -0.2) is 36.9 Å². The molecule has 21 heavy (non-hydrogen) atoms. The molecule has 1 heterocycles. The van der Waals surface area contributed by atoms with Crippen LogP contribution >= 0.6 is 12.6 Å². The minimum atomic E-state index is 0. The monoisotopic (exact) mass is 379 g/mol. The van der Waals surface area contributed by atoms with E-state index in [1.165, 1.54) is 108 Å². The predicted molar refractivity (Wildman–Crippen MR) is 94.7 cm³/mol. The van der Waals surface area contributed by atoms with Gasteiger partial charge in [0.2, 0.25) is 0 Å². The van der Waals surface area contributed by atoms with E-state index >= 15 is 0 Å². The third-order valence-corrected chi connectivity index (χ3v) is 5.32. The molecule has 1 fully saturated rings. The van der Waals surface area contributed by atoms with Crippen molar-refractivity contribution in [1.82, 2.24) is 0 Å². The first-order valence-corrected chi connectivity index (χ1v) is 9.84. The van der Waals surface area contributed by atoms with E-state index < -0.39 is 0 Å². The van der Waals surface area contributed by atoms with E-state index in [1.807, 2.05) is 0 Å². The van der Waals surface area contributed by atoms with Crippen molar-refractivity contribution in [1.29, 1.82) is 0 Å². The maximum Gasteiger partial charge on any atom is 0.0784 e. The molecule has 0 aliphatic carbocycles. The Morgan fingerprint density at radius 1 is 0.667 bits per heavy atom. The highest BCUT2D eigenvalue weighted by molar-refractivity contribution is 7.80. The van der Waals surface area contributed by atoms with E-state index in [2.05, 4.69) is 19.7 Å². The molecule has 128 valence electrons. The molecular weight excluding hydrogens is 342 g/mol. The van der Waals surface area contributed by atoms with Gasteiger partial charge < -0.3 is 21.5 Å². The van der Waals surface area contributed by atoms with Gasteiger partial charge in [-0.15, -0.1) is 0 Å². The molecule has 0 amide bonds. The number of halogens is 1. The normalized spacial score (nSPS) is 17.4. The SMILES string of the molecule is C[N+]1(CCCCCCCCCCCCS)CCCCC1.[Br-]. The Morgan fingerprint density at radius 3 is 1.57 bits per heavy atom. The fourth-order valence-electron chi connectivity index (χ4n) is 3.52. The first kappa shape index (κ1) is 21.8. The summed E-state index contributed by atoms with van der Waals surface area (Å²) in [6, 6.07) is 0. The lowest BCUT2D eigenvalue weighted by atomic mass is 10.0. The summed E-state index contributed by atoms with van der Waals surface area (Å²) in [5.41, 5.74) is 0. The Hall–Kier alpha value is 0.790. The lowest BCUT2D eigenvalue weighted by molar-refractivity contribution is -0.914. The zero-order valence-corrected chi connectivity index (χ0v) is 16.8. The van der Waals surface area contributed by atoms with Crippen molar-refractivity contribution >= 4 is 12.6 Å². The largest absolute Gasteiger partial charge is 1.00 e. The van der Waals surface area contributed by atoms with Crippen LogP contribution in [-0.2, 0) is 0 Å². The number of unbranched alkanes of at least 4 members (excludes halogenated alkanes) is 9. The van der Waals surface area contributed by atoms with Crippen LogP contribution in [0.5, 0.6) is 0 Å². The summed E-state index contributed by atoms with van der Waals surface area (Å²) in [6.45, 7) is 4.31. The molecule has 1 aliphatic heterocycles. The maximum absolute atomic E-state index is 4.25. The number of hydrogen-bond acceptors (Lipinski definition) is 1. The number of piperidine rings is 1. The summed E-state index contributed by atoms with van der Waals surface area (Å²) in [5.74, 6) is 1.07. The van der Waals surface area contributed by atoms with Crippen molar-refractivity contribution in [3.8, 4) is 0 Å². The van der Waals surface area contributed by atoms with Gasteiger partial charge in [0, 0.05) is 0 Å². The molecule has 0 unspecified atom stereocenters. The average molecular weight is 380 g/mol. The molecule has 0 bridgehead atoms. The number of quaternary nitrogens is 1. The van der Waals surface area contributed by atoms with E-state index in [0.717, 1.165) is 5.75 Å². The Balaban J connectivity index is 0.00000400. The van der Waals surface area contributed by atoms with Crippen LogP contribution in [0, 0.1) is 0 Å². The fourth-order valence-corrected chi connectivity index (χ4v) is 3.74. The topological polar surface area (TPSA) is 0 Å². The highest BCUT2D eigenvalue weighted by Crippen LogP contribution is 2.18. The van der Waals surface area contributed by atoms with Gasteiger partial charge in [-0.1, -0.05) is 44.9 Å². The number of hydrogen-bond donors (Lipinski definition) is 1. The molecule has 1 aliphatic rings. The summed E-state index contributed by atoms with van der Waals surface area (Å²) < 4.78 is 1.37. The Morgan fingerprint density at radius 2 is 1.10 bits per heavy atom. The molecule has 0 aromatic heterocycles. The second-order valence-corrected chi connectivity index (χ2v) is 7.56. The quantitative estimate of drug-likeness (QED) is 0.300. The summed E-state index contributed by atoms with van der Waals surface area (Å²) in [5, 5.41) is 0. The first-order chi connectivity index (χ1) is 9.77. The van der Waals surface area contributed by atoms with Crippen LogP contribution in [0.25, 0.3) is 0 Å². The van der Waals surface area contributed by atoms with Crippen molar-refractivity contribution in [2.24, 2.45) is 0 Å². The highest BCUT2D eigenvalue weighted by atomic mass is 79.9. The minimum Gasteiger partial charge on any atom is -1.00 e. The molecule has 3 heteroatoms. The van der Waals surface area contributed by atoms with Gasteiger partial charge in [0.05, 0.1) is 26.7 Å². The van der Waals surface area contributed by atoms with Crippen LogP contribution in [0.3, 0.4) is 0 Å². The fraction of sp³-hybridized carbons (Fsp3) is 1.00. The molecule has 0 aromatic rings.